The highest BCUT2D eigenvalue weighted by atomic mass is 16.6. The largest absolute Gasteiger partial charge is 0.465 e. The van der Waals surface area contributed by atoms with Gasteiger partial charge in [-0.25, -0.2) is 4.79 Å². The van der Waals surface area contributed by atoms with Crippen molar-refractivity contribution in [3.63, 3.8) is 0 Å². The Balaban J connectivity index is 1.84. The summed E-state index contributed by atoms with van der Waals surface area (Å²) in [6.45, 7) is 9.78. The summed E-state index contributed by atoms with van der Waals surface area (Å²) in [6, 6.07) is 0. The summed E-state index contributed by atoms with van der Waals surface area (Å²) >= 11 is 0. The molecular weight excluding hydrogens is 452 g/mol. The van der Waals surface area contributed by atoms with Crippen molar-refractivity contribution in [2.75, 3.05) is 13.2 Å². The SMILES string of the molecule is C/C=C(/C)C(=O)O[C@H]1C(C)=C[C@]23C(=O)[C@@H](C=C(CO)[C@@H](O)[C@]12O)[C@H]1[C@@H](C[C@H]3C)[C@@]1(C)COC(C)=O. The number of aliphatic hydroxyl groups excluding tert-OH is 2. The maximum Gasteiger partial charge on any atom is 0.334 e. The van der Waals surface area contributed by atoms with Crippen molar-refractivity contribution in [2.24, 2.45) is 34.5 Å². The number of rotatable bonds is 5. The lowest BCUT2D eigenvalue weighted by atomic mass is 9.59. The second kappa shape index (κ2) is 8.39. The molecule has 0 aromatic heterocycles. The molecular formula is C27H36O8. The summed E-state index contributed by atoms with van der Waals surface area (Å²) in [5.41, 5.74) is -3.18. The van der Waals surface area contributed by atoms with Crippen molar-refractivity contribution in [1.82, 2.24) is 0 Å². The van der Waals surface area contributed by atoms with E-state index in [0.717, 1.165) is 0 Å². The molecule has 0 heterocycles. The molecule has 4 aliphatic carbocycles. The van der Waals surface area contributed by atoms with Crippen molar-refractivity contribution in [3.05, 3.63) is 34.9 Å². The zero-order valence-corrected chi connectivity index (χ0v) is 21.2. The van der Waals surface area contributed by atoms with Crippen LogP contribution in [-0.2, 0) is 23.9 Å². The first-order chi connectivity index (χ1) is 16.3. The van der Waals surface area contributed by atoms with Gasteiger partial charge >= 0.3 is 11.9 Å². The monoisotopic (exact) mass is 488 g/mol. The van der Waals surface area contributed by atoms with Gasteiger partial charge in [0, 0.05) is 23.8 Å². The minimum atomic E-state index is -2.18. The molecule has 0 aromatic rings. The molecule has 1 spiro atoms. The molecule has 0 amide bonds. The fourth-order valence-corrected chi connectivity index (χ4v) is 7.20. The highest BCUT2D eigenvalue weighted by Crippen LogP contribution is 2.72. The number of ketones is 1. The van der Waals surface area contributed by atoms with Gasteiger partial charge in [0.15, 0.2) is 17.5 Å². The van der Waals surface area contributed by atoms with Crippen molar-refractivity contribution >= 4 is 17.7 Å². The van der Waals surface area contributed by atoms with E-state index in [4.69, 9.17) is 9.47 Å². The molecule has 0 radical (unpaired) electrons. The third-order valence-corrected chi connectivity index (χ3v) is 9.26. The molecule has 35 heavy (non-hydrogen) atoms. The van der Waals surface area contributed by atoms with Crippen LogP contribution in [0.5, 0.6) is 0 Å². The Kier molecular flexibility index (Phi) is 6.18. The molecule has 2 bridgehead atoms. The third-order valence-electron chi connectivity index (χ3n) is 9.26. The molecule has 0 aliphatic heterocycles. The molecule has 4 aliphatic rings. The van der Waals surface area contributed by atoms with Crippen LogP contribution < -0.4 is 0 Å². The minimum absolute atomic E-state index is 0.0430. The molecule has 2 saturated carbocycles. The van der Waals surface area contributed by atoms with Gasteiger partial charge in [0.05, 0.1) is 18.6 Å². The number of esters is 2. The van der Waals surface area contributed by atoms with E-state index in [1.165, 1.54) is 6.92 Å². The van der Waals surface area contributed by atoms with Crippen LogP contribution in [0.3, 0.4) is 0 Å². The topological polar surface area (TPSA) is 130 Å². The molecule has 8 heteroatoms. The van der Waals surface area contributed by atoms with E-state index in [1.807, 2.05) is 13.8 Å². The van der Waals surface area contributed by atoms with Crippen molar-refractivity contribution in [3.8, 4) is 0 Å². The number of fused-ring (bicyclic) bond motifs is 3. The Morgan fingerprint density at radius 2 is 1.94 bits per heavy atom. The smallest absolute Gasteiger partial charge is 0.334 e. The highest BCUT2D eigenvalue weighted by molar-refractivity contribution is 5.96. The van der Waals surface area contributed by atoms with Gasteiger partial charge < -0.3 is 24.8 Å². The van der Waals surface area contributed by atoms with E-state index in [2.05, 4.69) is 0 Å². The summed E-state index contributed by atoms with van der Waals surface area (Å²) in [5.74, 6) is -2.56. The molecule has 4 rings (SSSR count). The molecule has 0 unspecified atom stereocenters. The first kappa shape index (κ1) is 25.8. The normalized spacial score (nSPS) is 44.3. The van der Waals surface area contributed by atoms with Crippen molar-refractivity contribution in [2.45, 2.75) is 65.8 Å². The summed E-state index contributed by atoms with van der Waals surface area (Å²) in [6.07, 6.45) is 2.52. The summed E-state index contributed by atoms with van der Waals surface area (Å²) in [7, 11) is 0. The minimum Gasteiger partial charge on any atom is -0.465 e. The van der Waals surface area contributed by atoms with Crippen LogP contribution in [0.4, 0.5) is 0 Å². The number of hydrogen-bond donors (Lipinski definition) is 3. The fraction of sp³-hybridized carbons (Fsp3) is 0.667. The number of hydrogen-bond acceptors (Lipinski definition) is 8. The number of carbonyl (C=O) groups is 3. The first-order valence-corrected chi connectivity index (χ1v) is 12.2. The van der Waals surface area contributed by atoms with Crippen molar-refractivity contribution in [1.29, 1.82) is 0 Å². The van der Waals surface area contributed by atoms with Crippen LogP contribution in [0.25, 0.3) is 0 Å². The second-order valence-electron chi connectivity index (χ2n) is 11.1. The molecule has 0 aromatic carbocycles. The zero-order chi connectivity index (χ0) is 26.1. The van der Waals surface area contributed by atoms with Gasteiger partial charge in [-0.3, -0.25) is 9.59 Å². The van der Waals surface area contributed by atoms with Crippen LogP contribution in [0.1, 0.15) is 48.0 Å². The summed E-state index contributed by atoms with van der Waals surface area (Å²) in [5, 5.41) is 34.0. The lowest BCUT2D eigenvalue weighted by Gasteiger charge is -2.48. The summed E-state index contributed by atoms with van der Waals surface area (Å²) < 4.78 is 11.1. The van der Waals surface area contributed by atoms with E-state index < -0.39 is 59.0 Å². The Bertz CT molecular complexity index is 1060. The number of allylic oxidation sites excluding steroid dienone is 2. The number of aliphatic hydroxyl groups is 3. The zero-order valence-electron chi connectivity index (χ0n) is 21.2. The van der Waals surface area contributed by atoms with Crippen LogP contribution in [0.2, 0.25) is 0 Å². The third kappa shape index (κ3) is 3.33. The van der Waals surface area contributed by atoms with Crippen LogP contribution in [0, 0.1) is 34.5 Å². The Morgan fingerprint density at radius 1 is 1.29 bits per heavy atom. The fourth-order valence-electron chi connectivity index (χ4n) is 7.20. The Morgan fingerprint density at radius 3 is 2.51 bits per heavy atom. The lowest BCUT2D eigenvalue weighted by molar-refractivity contribution is -0.201. The number of ether oxygens (including phenoxy) is 2. The molecule has 9 atom stereocenters. The van der Waals surface area contributed by atoms with Gasteiger partial charge in [-0.1, -0.05) is 32.1 Å². The second-order valence-corrected chi connectivity index (χ2v) is 11.1. The van der Waals surface area contributed by atoms with E-state index in [-0.39, 0.29) is 29.8 Å². The highest BCUT2D eigenvalue weighted by Gasteiger charge is 2.77. The van der Waals surface area contributed by atoms with E-state index in [9.17, 15) is 29.7 Å². The Labute approximate surface area is 205 Å². The van der Waals surface area contributed by atoms with Gasteiger partial charge in [0.1, 0.15) is 6.10 Å². The van der Waals surface area contributed by atoms with Gasteiger partial charge in [0.25, 0.3) is 0 Å². The predicted octanol–water partition coefficient (Wildman–Crippen LogP) is 1.88. The molecule has 0 saturated heterocycles. The van der Waals surface area contributed by atoms with Crippen LogP contribution in [0.15, 0.2) is 34.9 Å². The van der Waals surface area contributed by atoms with Gasteiger partial charge in [0.2, 0.25) is 0 Å². The van der Waals surface area contributed by atoms with Gasteiger partial charge in [-0.2, -0.15) is 0 Å². The first-order valence-electron chi connectivity index (χ1n) is 12.2. The maximum atomic E-state index is 14.4. The standard InChI is InChI=1S/C27H36O8/c1-7-13(2)24(32)35-23-14(3)10-26-15(4)8-19-20(25(19,6)12-34-16(5)29)18(22(26)31)9-17(11-28)21(30)27(23,26)33/h7,9-10,15,18-21,23,28,30,33H,8,11-12H2,1-6H3/b13-7-/t15-,18+,19-,20+,21-,23+,25-,26+,27+/m1/s1. The quantitative estimate of drug-likeness (QED) is 0.304. The van der Waals surface area contributed by atoms with Gasteiger partial charge in [-0.15, -0.1) is 0 Å². The molecule has 3 N–H and O–H groups in total. The molecule has 192 valence electrons. The van der Waals surface area contributed by atoms with Crippen LogP contribution >= 0.6 is 0 Å². The van der Waals surface area contributed by atoms with Crippen LogP contribution in [-0.4, -0.2) is 64.1 Å². The van der Waals surface area contributed by atoms with Crippen molar-refractivity contribution < 1.29 is 39.2 Å². The van der Waals surface area contributed by atoms with Gasteiger partial charge in [-0.05, 0) is 56.1 Å². The van der Waals surface area contributed by atoms with E-state index in [1.54, 1.807) is 39.0 Å². The average Bonchev–Trinajstić information content (AvgIpc) is 3.34. The Hall–Kier alpha value is -2.29. The van der Waals surface area contributed by atoms with E-state index >= 15 is 0 Å². The lowest BCUT2D eigenvalue weighted by Crippen LogP contribution is -2.65. The average molecular weight is 489 g/mol. The molecule has 8 nitrogen and oxygen atoms in total. The number of Topliss-reactive ketones (excluding diaryl/α,β-unsaturated/α-hetero) is 1. The number of carbonyl (C=O) groups excluding carboxylic acids is 3. The molecule has 2 fully saturated rings. The summed E-state index contributed by atoms with van der Waals surface area (Å²) in [4.78, 5) is 38.6. The maximum absolute atomic E-state index is 14.4. The predicted molar refractivity (Wildman–Crippen MR) is 126 cm³/mol. The van der Waals surface area contributed by atoms with E-state index in [0.29, 0.717) is 17.6 Å².